The molecule has 0 aliphatic rings. The van der Waals surface area contributed by atoms with Crippen LogP contribution < -0.4 is 10.1 Å². The molecule has 0 spiro atoms. The average molecular weight is 408 g/mol. The number of hydrogen-bond acceptors (Lipinski definition) is 4. The van der Waals surface area contributed by atoms with Gasteiger partial charge in [-0.2, -0.15) is 10.4 Å². The van der Waals surface area contributed by atoms with Crippen LogP contribution >= 0.6 is 0 Å². The third kappa shape index (κ3) is 4.98. The molecule has 0 atom stereocenters. The summed E-state index contributed by atoms with van der Waals surface area (Å²) in [5.41, 5.74) is 4.19. The first-order valence-electron chi connectivity index (χ1n) is 9.82. The fourth-order valence-electron chi connectivity index (χ4n) is 3.11. The third-order valence-corrected chi connectivity index (χ3v) is 4.69. The summed E-state index contributed by atoms with van der Waals surface area (Å²) in [5.74, 6) is 0.298. The van der Waals surface area contributed by atoms with E-state index in [0.717, 1.165) is 22.5 Å². The quantitative estimate of drug-likeness (QED) is 0.499. The van der Waals surface area contributed by atoms with Gasteiger partial charge in [0.15, 0.2) is 6.61 Å². The summed E-state index contributed by atoms with van der Waals surface area (Å²) >= 11 is 0. The van der Waals surface area contributed by atoms with Gasteiger partial charge in [-0.15, -0.1) is 0 Å². The maximum absolute atomic E-state index is 12.3. The minimum atomic E-state index is -0.240. The first-order valence-corrected chi connectivity index (χ1v) is 9.82. The summed E-state index contributed by atoms with van der Waals surface area (Å²) in [6.45, 7) is 0.214. The number of ether oxygens (including phenoxy) is 1. The van der Waals surface area contributed by atoms with E-state index in [1.165, 1.54) is 0 Å². The lowest BCUT2D eigenvalue weighted by Gasteiger charge is -2.08. The van der Waals surface area contributed by atoms with E-state index in [4.69, 9.17) is 15.1 Å². The maximum Gasteiger partial charge on any atom is 0.258 e. The van der Waals surface area contributed by atoms with Gasteiger partial charge in [0.05, 0.1) is 23.0 Å². The zero-order valence-corrected chi connectivity index (χ0v) is 16.7. The number of carbonyl (C=O) groups excluding carboxylic acids is 1. The Kier molecular flexibility index (Phi) is 6.05. The minimum Gasteiger partial charge on any atom is -0.484 e. The molecule has 6 nitrogen and oxygen atoms in total. The van der Waals surface area contributed by atoms with E-state index in [1.807, 2.05) is 77.6 Å². The predicted molar refractivity (Wildman–Crippen MR) is 117 cm³/mol. The molecule has 1 amide bonds. The molecule has 1 heterocycles. The SMILES string of the molecule is N#Cc1ccc(OCC(=O)NCc2cn(-c3ccccc3)nc2-c2ccccc2)cc1. The molecule has 0 fully saturated rings. The molecule has 4 rings (SSSR count). The number of amides is 1. The lowest BCUT2D eigenvalue weighted by molar-refractivity contribution is -0.123. The molecule has 1 aromatic heterocycles. The van der Waals surface area contributed by atoms with E-state index < -0.39 is 0 Å². The van der Waals surface area contributed by atoms with E-state index in [9.17, 15) is 4.79 Å². The van der Waals surface area contributed by atoms with Crippen LogP contribution in [-0.2, 0) is 11.3 Å². The summed E-state index contributed by atoms with van der Waals surface area (Å²) < 4.78 is 7.32. The summed E-state index contributed by atoms with van der Waals surface area (Å²) in [7, 11) is 0. The molecule has 0 aliphatic heterocycles. The average Bonchev–Trinajstić information content (AvgIpc) is 3.27. The summed E-state index contributed by atoms with van der Waals surface area (Å²) in [6.07, 6.45) is 1.93. The fraction of sp³-hybridized carbons (Fsp3) is 0.0800. The van der Waals surface area contributed by atoms with Gasteiger partial charge in [-0.05, 0) is 36.4 Å². The van der Waals surface area contributed by atoms with E-state index in [-0.39, 0.29) is 12.5 Å². The van der Waals surface area contributed by atoms with E-state index in [0.29, 0.717) is 17.9 Å². The summed E-state index contributed by atoms with van der Waals surface area (Å²) in [5, 5.41) is 16.5. The normalized spacial score (nSPS) is 10.3. The van der Waals surface area contributed by atoms with E-state index in [2.05, 4.69) is 5.32 Å². The van der Waals surface area contributed by atoms with Crippen molar-refractivity contribution in [2.45, 2.75) is 6.54 Å². The van der Waals surface area contributed by atoms with Crippen LogP contribution in [0.2, 0.25) is 0 Å². The van der Waals surface area contributed by atoms with Crippen molar-refractivity contribution in [3.05, 3.63) is 102 Å². The van der Waals surface area contributed by atoms with Gasteiger partial charge >= 0.3 is 0 Å². The van der Waals surface area contributed by atoms with Gasteiger partial charge < -0.3 is 10.1 Å². The second kappa shape index (κ2) is 9.42. The van der Waals surface area contributed by atoms with Crippen LogP contribution in [0.25, 0.3) is 16.9 Å². The van der Waals surface area contributed by atoms with Crippen LogP contribution in [0.15, 0.2) is 91.1 Å². The highest BCUT2D eigenvalue weighted by atomic mass is 16.5. The molecule has 0 aliphatic carbocycles. The van der Waals surface area contributed by atoms with Gasteiger partial charge in [-0.1, -0.05) is 48.5 Å². The zero-order chi connectivity index (χ0) is 21.5. The number of carbonyl (C=O) groups is 1. The molecule has 0 radical (unpaired) electrons. The van der Waals surface area contributed by atoms with E-state index >= 15 is 0 Å². The Balaban J connectivity index is 1.46. The molecule has 0 saturated carbocycles. The Morgan fingerprint density at radius 2 is 1.65 bits per heavy atom. The summed E-state index contributed by atoms with van der Waals surface area (Å²) in [4.78, 5) is 12.3. The number of aromatic nitrogens is 2. The van der Waals surface area contributed by atoms with Crippen molar-refractivity contribution in [3.8, 4) is 28.8 Å². The molecule has 6 heteroatoms. The molecule has 0 unspecified atom stereocenters. The maximum atomic E-state index is 12.3. The Bertz CT molecular complexity index is 1190. The highest BCUT2D eigenvalue weighted by Crippen LogP contribution is 2.23. The van der Waals surface area contributed by atoms with Gasteiger partial charge in [-0.3, -0.25) is 4.79 Å². The molecular weight excluding hydrogens is 388 g/mol. The molecule has 3 aromatic carbocycles. The smallest absolute Gasteiger partial charge is 0.258 e. The van der Waals surface area contributed by atoms with Crippen LogP contribution in [0.5, 0.6) is 5.75 Å². The zero-order valence-electron chi connectivity index (χ0n) is 16.7. The van der Waals surface area contributed by atoms with Gasteiger partial charge in [0.2, 0.25) is 0 Å². The molecular formula is C25H20N4O2. The van der Waals surface area contributed by atoms with Crippen LogP contribution in [-0.4, -0.2) is 22.3 Å². The Labute approximate surface area is 180 Å². The van der Waals surface area contributed by atoms with Crippen LogP contribution in [0.4, 0.5) is 0 Å². The monoisotopic (exact) mass is 408 g/mol. The second-order valence-corrected chi connectivity index (χ2v) is 6.85. The number of para-hydroxylation sites is 1. The van der Waals surface area contributed by atoms with Crippen LogP contribution in [0.3, 0.4) is 0 Å². The Hall–Kier alpha value is -4.37. The predicted octanol–water partition coefficient (Wildman–Crippen LogP) is 4.11. The van der Waals surface area contributed by atoms with Crippen LogP contribution in [0, 0.1) is 11.3 Å². The van der Waals surface area contributed by atoms with Crippen molar-refractivity contribution in [2.75, 3.05) is 6.61 Å². The molecule has 1 N–H and O–H groups in total. The lowest BCUT2D eigenvalue weighted by Crippen LogP contribution is -2.28. The molecule has 152 valence electrons. The van der Waals surface area contributed by atoms with Gasteiger partial charge in [0, 0.05) is 23.9 Å². The first-order chi connectivity index (χ1) is 15.2. The van der Waals surface area contributed by atoms with Crippen LogP contribution in [0.1, 0.15) is 11.1 Å². The number of benzene rings is 3. The molecule has 31 heavy (non-hydrogen) atoms. The fourth-order valence-corrected chi connectivity index (χ4v) is 3.11. The second-order valence-electron chi connectivity index (χ2n) is 6.85. The number of nitriles is 1. The van der Waals surface area contributed by atoms with Crippen molar-refractivity contribution in [2.24, 2.45) is 0 Å². The number of hydrogen-bond donors (Lipinski definition) is 1. The summed E-state index contributed by atoms with van der Waals surface area (Å²) in [6, 6.07) is 28.4. The van der Waals surface area contributed by atoms with Gasteiger partial charge in [0.25, 0.3) is 5.91 Å². The number of nitrogens with zero attached hydrogens (tertiary/aromatic N) is 3. The largest absolute Gasteiger partial charge is 0.484 e. The van der Waals surface area contributed by atoms with Gasteiger partial charge in [0.1, 0.15) is 5.75 Å². The third-order valence-electron chi connectivity index (χ3n) is 4.69. The lowest BCUT2D eigenvalue weighted by atomic mass is 10.1. The first kappa shape index (κ1) is 19.9. The standard InChI is InChI=1S/C25H20N4O2/c26-15-19-11-13-23(14-12-19)31-18-24(30)27-16-21-17-29(22-9-5-2-6-10-22)28-25(21)20-7-3-1-4-8-20/h1-14,17H,16,18H2,(H,27,30). The number of nitrogens with one attached hydrogen (secondary N) is 1. The molecule has 0 bridgehead atoms. The van der Waals surface area contributed by atoms with E-state index in [1.54, 1.807) is 24.3 Å². The minimum absolute atomic E-state index is 0.112. The van der Waals surface area contributed by atoms with Crippen molar-refractivity contribution in [1.29, 1.82) is 5.26 Å². The van der Waals surface area contributed by atoms with Crippen molar-refractivity contribution in [3.63, 3.8) is 0 Å². The van der Waals surface area contributed by atoms with Crippen molar-refractivity contribution in [1.82, 2.24) is 15.1 Å². The van der Waals surface area contributed by atoms with Crippen molar-refractivity contribution >= 4 is 5.91 Å². The Morgan fingerprint density at radius 3 is 2.32 bits per heavy atom. The Morgan fingerprint density at radius 1 is 0.968 bits per heavy atom. The van der Waals surface area contributed by atoms with Gasteiger partial charge in [-0.25, -0.2) is 4.68 Å². The topological polar surface area (TPSA) is 79.9 Å². The highest BCUT2D eigenvalue weighted by Gasteiger charge is 2.13. The molecule has 0 saturated heterocycles. The molecule has 4 aromatic rings. The highest BCUT2D eigenvalue weighted by molar-refractivity contribution is 5.78. The van der Waals surface area contributed by atoms with Crippen molar-refractivity contribution < 1.29 is 9.53 Å². The number of rotatable bonds is 7.